The van der Waals surface area contributed by atoms with Gasteiger partial charge in [-0.1, -0.05) is 38.5 Å². The van der Waals surface area contributed by atoms with Crippen molar-refractivity contribution in [1.29, 1.82) is 0 Å². The predicted molar refractivity (Wildman–Crippen MR) is 172 cm³/mol. The van der Waals surface area contributed by atoms with Crippen molar-refractivity contribution in [3.8, 4) is 0 Å². The molecule has 4 N–H and O–H groups in total. The van der Waals surface area contributed by atoms with E-state index in [0.717, 1.165) is 37.1 Å². The fraction of sp³-hybridized carbons (Fsp3) is 0.467. The fourth-order valence-electron chi connectivity index (χ4n) is 5.00. The molecule has 10 nitrogen and oxygen atoms in total. The lowest BCUT2D eigenvalue weighted by molar-refractivity contribution is -0.138. The molecule has 2 aliphatic carbocycles. The van der Waals surface area contributed by atoms with E-state index in [4.69, 9.17) is 0 Å². The van der Waals surface area contributed by atoms with E-state index in [9.17, 15) is 19.2 Å². The molecular formula is C30H40N6O4S2. The zero-order valence-electron chi connectivity index (χ0n) is 24.2. The second-order valence-electron chi connectivity index (χ2n) is 10.6. The minimum atomic E-state index is -0.881. The molecule has 2 fully saturated rings. The molecule has 0 atom stereocenters. The number of hydrogen-bond acceptors (Lipinski definition) is 8. The smallest absolute Gasteiger partial charge is 0.298 e. The molecule has 0 radical (unpaired) electrons. The van der Waals surface area contributed by atoms with Crippen LogP contribution in [0.2, 0.25) is 0 Å². The Kier molecular flexibility index (Phi) is 11.8. The number of nitrogens with one attached hydrogen (secondary N) is 4. The van der Waals surface area contributed by atoms with Gasteiger partial charge in [0.25, 0.3) is 0 Å². The van der Waals surface area contributed by atoms with Gasteiger partial charge in [0.05, 0.1) is 22.7 Å². The van der Waals surface area contributed by atoms with Crippen molar-refractivity contribution in [3.63, 3.8) is 0 Å². The van der Waals surface area contributed by atoms with Crippen LogP contribution in [0.4, 0.5) is 22.7 Å². The number of nitrogens with zero attached hydrogens (tertiary/aromatic N) is 2. The molecule has 2 saturated carbocycles. The van der Waals surface area contributed by atoms with Crippen LogP contribution in [0.5, 0.6) is 0 Å². The maximum atomic E-state index is 12.3. The molecule has 226 valence electrons. The Morgan fingerprint density at radius 2 is 0.905 bits per heavy atom. The topological polar surface area (TPSA) is 123 Å². The summed E-state index contributed by atoms with van der Waals surface area (Å²) >= 11 is 3.17. The molecule has 0 aliphatic heterocycles. The van der Waals surface area contributed by atoms with Crippen molar-refractivity contribution in [2.45, 2.75) is 88.6 Å². The van der Waals surface area contributed by atoms with Crippen LogP contribution in [0.25, 0.3) is 0 Å². The lowest BCUT2D eigenvalue weighted by atomic mass is 10.0. The molecule has 0 unspecified atom stereocenters. The highest BCUT2D eigenvalue weighted by Gasteiger charge is 2.23. The number of benzene rings is 2. The van der Waals surface area contributed by atoms with Gasteiger partial charge in [0.2, 0.25) is 11.8 Å². The lowest BCUT2D eigenvalue weighted by Gasteiger charge is -2.28. The summed E-state index contributed by atoms with van der Waals surface area (Å²) in [7, 11) is 0. The van der Waals surface area contributed by atoms with E-state index in [-0.39, 0.29) is 11.8 Å². The van der Waals surface area contributed by atoms with Crippen molar-refractivity contribution in [2.24, 2.45) is 0 Å². The molecular weight excluding hydrogens is 573 g/mol. The highest BCUT2D eigenvalue weighted by molar-refractivity contribution is 8.02. The molecule has 2 aromatic rings. The van der Waals surface area contributed by atoms with E-state index in [1.165, 1.54) is 38.5 Å². The first-order valence-corrected chi connectivity index (χ1v) is 16.2. The van der Waals surface area contributed by atoms with E-state index < -0.39 is 11.8 Å². The monoisotopic (exact) mass is 612 g/mol. The third-order valence-corrected chi connectivity index (χ3v) is 10.1. The van der Waals surface area contributed by atoms with E-state index in [2.05, 4.69) is 21.7 Å². The molecule has 0 aromatic heterocycles. The molecule has 0 spiro atoms. The molecule has 12 heteroatoms. The number of hydrazine groups is 2. The second-order valence-corrected chi connectivity index (χ2v) is 13.1. The van der Waals surface area contributed by atoms with Crippen molar-refractivity contribution >= 4 is 70.3 Å². The largest absolute Gasteiger partial charge is 0.329 e. The van der Waals surface area contributed by atoms with Gasteiger partial charge in [-0.25, -0.2) is 0 Å². The maximum Gasteiger partial charge on any atom is 0.329 e. The van der Waals surface area contributed by atoms with Gasteiger partial charge in [0.15, 0.2) is 0 Å². The zero-order chi connectivity index (χ0) is 29.9. The SMILES string of the molecule is CC(=O)N(SC1CCCCC1)c1ccc(NNC(=O)C(=O)NNc2ccc(N(SC3CCCCC3)C(C)=O)cc2)cc1. The molecule has 0 saturated heterocycles. The zero-order valence-corrected chi connectivity index (χ0v) is 25.8. The third-order valence-electron chi connectivity index (χ3n) is 7.24. The lowest BCUT2D eigenvalue weighted by Crippen LogP contribution is -2.44. The summed E-state index contributed by atoms with van der Waals surface area (Å²) in [5.74, 6) is -1.83. The molecule has 0 bridgehead atoms. The average Bonchev–Trinajstić information content (AvgIpc) is 3.01. The summed E-state index contributed by atoms with van der Waals surface area (Å²) in [6.07, 6.45) is 11.7. The Hall–Kier alpha value is -3.38. The first kappa shape index (κ1) is 31.6. The molecule has 2 aromatic carbocycles. The van der Waals surface area contributed by atoms with Crippen LogP contribution in [-0.4, -0.2) is 34.1 Å². The summed E-state index contributed by atoms with van der Waals surface area (Å²) in [5, 5.41) is 0.871. The molecule has 4 amide bonds. The van der Waals surface area contributed by atoms with Gasteiger partial charge in [-0.15, -0.1) is 0 Å². The van der Waals surface area contributed by atoms with Gasteiger partial charge in [-0.3, -0.25) is 49.5 Å². The Balaban J connectivity index is 1.22. The third kappa shape index (κ3) is 9.32. The predicted octanol–water partition coefficient (Wildman–Crippen LogP) is 5.94. The molecule has 4 rings (SSSR count). The Morgan fingerprint density at radius 1 is 0.571 bits per heavy atom. The van der Waals surface area contributed by atoms with Crippen molar-refractivity contribution in [2.75, 3.05) is 19.5 Å². The highest BCUT2D eigenvalue weighted by atomic mass is 32.2. The number of rotatable bonds is 10. The summed E-state index contributed by atoms with van der Waals surface area (Å²) in [6, 6.07) is 14.2. The first-order chi connectivity index (χ1) is 20.3. The fourth-order valence-corrected chi connectivity index (χ4v) is 7.47. The normalized spacial score (nSPS) is 15.8. The van der Waals surface area contributed by atoms with Gasteiger partial charge in [-0.05, 0) is 98.1 Å². The summed E-state index contributed by atoms with van der Waals surface area (Å²) < 4.78 is 3.44. The van der Waals surface area contributed by atoms with E-state index in [1.807, 2.05) is 0 Å². The minimum Gasteiger partial charge on any atom is -0.298 e. The van der Waals surface area contributed by atoms with Gasteiger partial charge in [0.1, 0.15) is 0 Å². The Morgan fingerprint density at radius 3 is 1.21 bits per heavy atom. The average molecular weight is 613 g/mol. The quantitative estimate of drug-likeness (QED) is 0.148. The van der Waals surface area contributed by atoms with Crippen LogP contribution in [0.1, 0.15) is 78.1 Å². The second kappa shape index (κ2) is 15.7. The van der Waals surface area contributed by atoms with E-state index in [1.54, 1.807) is 94.9 Å². The Bertz CT molecular complexity index is 1120. The van der Waals surface area contributed by atoms with Gasteiger partial charge in [-0.2, -0.15) is 0 Å². The van der Waals surface area contributed by atoms with Crippen molar-refractivity contribution in [3.05, 3.63) is 48.5 Å². The Labute approximate surface area is 256 Å². The van der Waals surface area contributed by atoms with Crippen molar-refractivity contribution < 1.29 is 19.2 Å². The van der Waals surface area contributed by atoms with Crippen LogP contribution in [0, 0.1) is 0 Å². The number of hydrogen-bond donors (Lipinski definition) is 4. The number of amides is 4. The van der Waals surface area contributed by atoms with Gasteiger partial charge >= 0.3 is 11.8 Å². The minimum absolute atomic E-state index is 0.0343. The van der Waals surface area contributed by atoms with Gasteiger partial charge < -0.3 is 0 Å². The number of anilines is 4. The summed E-state index contributed by atoms with van der Waals surface area (Å²) in [6.45, 7) is 3.11. The van der Waals surface area contributed by atoms with Crippen LogP contribution < -0.4 is 30.3 Å². The molecule has 2 aliphatic rings. The van der Waals surface area contributed by atoms with Crippen LogP contribution in [0.15, 0.2) is 48.5 Å². The first-order valence-electron chi connectivity index (χ1n) is 14.6. The van der Waals surface area contributed by atoms with E-state index in [0.29, 0.717) is 21.9 Å². The van der Waals surface area contributed by atoms with Crippen LogP contribution in [-0.2, 0) is 19.2 Å². The standard InChI is InChI=1S/C30H40N6O4S2/c1-21(37)35(41-27-9-5-3-6-10-27)25-17-13-23(14-18-25)31-33-29(39)30(40)34-32-24-15-19-26(20-16-24)36(22(2)38)42-28-11-7-4-8-12-28/h13-20,27-28,31-32H,3-12H2,1-2H3,(H,33,39)(H,34,40). The summed E-state index contributed by atoms with van der Waals surface area (Å²) in [4.78, 5) is 49.1. The highest BCUT2D eigenvalue weighted by Crippen LogP contribution is 2.35. The van der Waals surface area contributed by atoms with E-state index >= 15 is 0 Å². The maximum absolute atomic E-state index is 12.3. The number of carbonyl (C=O) groups excluding carboxylic acids is 4. The number of carbonyl (C=O) groups is 4. The summed E-state index contributed by atoms with van der Waals surface area (Å²) in [5.41, 5.74) is 12.9. The molecule has 42 heavy (non-hydrogen) atoms. The van der Waals surface area contributed by atoms with Crippen LogP contribution >= 0.6 is 23.9 Å². The molecule has 0 heterocycles. The van der Waals surface area contributed by atoms with Crippen molar-refractivity contribution in [1.82, 2.24) is 10.9 Å². The van der Waals surface area contributed by atoms with Crippen LogP contribution in [0.3, 0.4) is 0 Å². The van der Waals surface area contributed by atoms with Gasteiger partial charge in [0, 0.05) is 24.3 Å².